The Kier molecular flexibility index (Phi) is 4.44. The topological polar surface area (TPSA) is 24.9 Å². The Hall–Kier alpha value is -0.280. The molecule has 0 saturated heterocycles. The maximum atomic E-state index is 4.01. The number of hydrogen-bond acceptors (Lipinski definition) is 3. The molecule has 0 bridgehead atoms. The molecule has 0 fully saturated rings. The van der Waals surface area contributed by atoms with Crippen LogP contribution in [0.2, 0.25) is 0 Å². The van der Waals surface area contributed by atoms with Gasteiger partial charge in [0.25, 0.3) is 0 Å². The van der Waals surface area contributed by atoms with Crippen LogP contribution in [0.4, 0.5) is 5.13 Å². The fourth-order valence-electron chi connectivity index (χ4n) is 0.462. The molecule has 0 aliphatic rings. The first-order valence-electron chi connectivity index (χ1n) is 2.57. The van der Waals surface area contributed by atoms with E-state index in [2.05, 4.69) is 17.2 Å². The van der Waals surface area contributed by atoms with E-state index < -0.39 is 0 Å². The van der Waals surface area contributed by atoms with Crippen molar-refractivity contribution in [2.45, 2.75) is 6.92 Å². The molecule has 0 spiro atoms. The van der Waals surface area contributed by atoms with Crippen molar-refractivity contribution in [1.82, 2.24) is 4.98 Å². The third-order valence-corrected chi connectivity index (χ3v) is 1.49. The van der Waals surface area contributed by atoms with Crippen LogP contribution in [0.15, 0.2) is 11.6 Å². The van der Waals surface area contributed by atoms with Gasteiger partial charge in [-0.15, -0.1) is 23.7 Å². The Balaban J connectivity index is 0.000000640. The molecule has 1 aromatic heterocycles. The maximum Gasteiger partial charge on any atom is 0.182 e. The van der Waals surface area contributed by atoms with E-state index in [1.54, 1.807) is 17.5 Å². The van der Waals surface area contributed by atoms with Gasteiger partial charge in [-0.1, -0.05) is 0 Å². The largest absolute Gasteiger partial charge is 0.362 e. The molecule has 0 aliphatic carbocycles. The van der Waals surface area contributed by atoms with E-state index in [0.717, 1.165) is 11.7 Å². The minimum Gasteiger partial charge on any atom is -0.362 e. The van der Waals surface area contributed by atoms with Crippen LogP contribution in [-0.2, 0) is 0 Å². The van der Waals surface area contributed by atoms with Crippen molar-refractivity contribution in [2.75, 3.05) is 11.9 Å². The summed E-state index contributed by atoms with van der Waals surface area (Å²) in [5, 5.41) is 6.06. The zero-order valence-electron chi connectivity index (χ0n) is 5.13. The van der Waals surface area contributed by atoms with E-state index in [1.807, 2.05) is 5.38 Å². The third-order valence-electron chi connectivity index (χ3n) is 0.760. The van der Waals surface area contributed by atoms with Crippen molar-refractivity contribution in [3.8, 4) is 0 Å². The van der Waals surface area contributed by atoms with Gasteiger partial charge >= 0.3 is 0 Å². The SMILES string of the molecule is CCNc1nccs1.Cl. The van der Waals surface area contributed by atoms with Crippen molar-refractivity contribution < 1.29 is 0 Å². The molecule has 0 amide bonds. The van der Waals surface area contributed by atoms with Crippen LogP contribution < -0.4 is 5.32 Å². The highest BCUT2D eigenvalue weighted by Crippen LogP contribution is 2.08. The lowest BCUT2D eigenvalue weighted by molar-refractivity contribution is 1.19. The van der Waals surface area contributed by atoms with Gasteiger partial charge in [0, 0.05) is 18.1 Å². The molecule has 0 aliphatic heterocycles. The zero-order chi connectivity index (χ0) is 5.82. The Morgan fingerprint density at radius 2 is 2.56 bits per heavy atom. The summed E-state index contributed by atoms with van der Waals surface area (Å²) in [6, 6.07) is 0. The first-order valence-corrected chi connectivity index (χ1v) is 3.45. The molecule has 52 valence electrons. The number of halogens is 1. The molecule has 1 N–H and O–H groups in total. The predicted molar refractivity (Wildman–Crippen MR) is 43.5 cm³/mol. The summed E-state index contributed by atoms with van der Waals surface area (Å²) in [6.45, 7) is 3.01. The number of anilines is 1. The second kappa shape index (κ2) is 4.58. The van der Waals surface area contributed by atoms with E-state index in [9.17, 15) is 0 Å². The van der Waals surface area contributed by atoms with Gasteiger partial charge in [0.05, 0.1) is 0 Å². The van der Waals surface area contributed by atoms with Crippen LogP contribution in [0.3, 0.4) is 0 Å². The monoisotopic (exact) mass is 164 g/mol. The summed E-state index contributed by atoms with van der Waals surface area (Å²) in [5.41, 5.74) is 0. The fourth-order valence-corrected chi connectivity index (χ4v) is 1.06. The number of rotatable bonds is 2. The maximum absolute atomic E-state index is 4.01. The zero-order valence-corrected chi connectivity index (χ0v) is 6.76. The lowest BCUT2D eigenvalue weighted by Gasteiger charge is -1.91. The average Bonchev–Trinajstić information content (AvgIpc) is 2.19. The smallest absolute Gasteiger partial charge is 0.182 e. The van der Waals surface area contributed by atoms with Crippen LogP contribution in [0.1, 0.15) is 6.92 Å². The highest BCUT2D eigenvalue weighted by atomic mass is 35.5. The van der Waals surface area contributed by atoms with E-state index in [0.29, 0.717) is 0 Å². The second-order valence-corrected chi connectivity index (χ2v) is 2.26. The molecular weight excluding hydrogens is 156 g/mol. The summed E-state index contributed by atoms with van der Waals surface area (Å²) in [5.74, 6) is 0. The molecule has 1 aromatic rings. The van der Waals surface area contributed by atoms with Gasteiger partial charge in [-0.25, -0.2) is 4.98 Å². The number of nitrogens with zero attached hydrogens (tertiary/aromatic N) is 1. The Morgan fingerprint density at radius 1 is 1.78 bits per heavy atom. The molecule has 0 saturated carbocycles. The molecule has 2 nitrogen and oxygen atoms in total. The first-order chi connectivity index (χ1) is 3.93. The van der Waals surface area contributed by atoms with E-state index in [-0.39, 0.29) is 12.4 Å². The van der Waals surface area contributed by atoms with Crippen LogP contribution in [0, 0.1) is 0 Å². The molecule has 9 heavy (non-hydrogen) atoms. The second-order valence-electron chi connectivity index (χ2n) is 1.37. The highest BCUT2D eigenvalue weighted by molar-refractivity contribution is 7.13. The molecular formula is C5H9ClN2S. The molecule has 1 heterocycles. The Labute approximate surface area is 64.7 Å². The van der Waals surface area contributed by atoms with Crippen LogP contribution in [-0.4, -0.2) is 11.5 Å². The molecule has 0 unspecified atom stereocenters. The Bertz CT molecular complexity index is 141. The van der Waals surface area contributed by atoms with Gasteiger partial charge in [0.2, 0.25) is 0 Å². The number of aromatic nitrogens is 1. The minimum atomic E-state index is 0. The molecule has 0 atom stereocenters. The standard InChI is InChI=1S/C5H8N2S.ClH/c1-2-6-5-7-3-4-8-5;/h3-4H,2H2,1H3,(H,6,7);1H. The molecule has 0 radical (unpaired) electrons. The molecule has 1 rings (SSSR count). The summed E-state index contributed by atoms with van der Waals surface area (Å²) < 4.78 is 0. The van der Waals surface area contributed by atoms with Gasteiger partial charge in [0.1, 0.15) is 0 Å². The lowest BCUT2D eigenvalue weighted by atomic mass is 10.8. The van der Waals surface area contributed by atoms with Crippen molar-refractivity contribution in [3.05, 3.63) is 11.6 Å². The third kappa shape index (κ3) is 2.67. The fraction of sp³-hybridized carbons (Fsp3) is 0.400. The van der Waals surface area contributed by atoms with Gasteiger partial charge in [-0.2, -0.15) is 0 Å². The van der Waals surface area contributed by atoms with E-state index in [4.69, 9.17) is 0 Å². The van der Waals surface area contributed by atoms with Gasteiger partial charge < -0.3 is 5.32 Å². The van der Waals surface area contributed by atoms with Crippen molar-refractivity contribution >= 4 is 28.9 Å². The average molecular weight is 165 g/mol. The number of hydrogen-bond donors (Lipinski definition) is 1. The molecule has 4 heteroatoms. The predicted octanol–water partition coefficient (Wildman–Crippen LogP) is 2.00. The van der Waals surface area contributed by atoms with Crippen LogP contribution in [0.5, 0.6) is 0 Å². The lowest BCUT2D eigenvalue weighted by Crippen LogP contribution is -1.93. The van der Waals surface area contributed by atoms with Crippen molar-refractivity contribution in [2.24, 2.45) is 0 Å². The Morgan fingerprint density at radius 3 is 3.00 bits per heavy atom. The quantitative estimate of drug-likeness (QED) is 0.724. The first kappa shape index (κ1) is 8.72. The normalized spacial score (nSPS) is 8.11. The number of thiazole rings is 1. The summed E-state index contributed by atoms with van der Waals surface area (Å²) in [7, 11) is 0. The van der Waals surface area contributed by atoms with Crippen LogP contribution in [0.25, 0.3) is 0 Å². The highest BCUT2D eigenvalue weighted by Gasteiger charge is 1.86. The van der Waals surface area contributed by atoms with Crippen LogP contribution >= 0.6 is 23.7 Å². The summed E-state index contributed by atoms with van der Waals surface area (Å²) in [4.78, 5) is 4.01. The van der Waals surface area contributed by atoms with Gasteiger partial charge in [-0.05, 0) is 6.92 Å². The van der Waals surface area contributed by atoms with E-state index >= 15 is 0 Å². The van der Waals surface area contributed by atoms with E-state index in [1.165, 1.54) is 0 Å². The van der Waals surface area contributed by atoms with Gasteiger partial charge in [-0.3, -0.25) is 0 Å². The summed E-state index contributed by atoms with van der Waals surface area (Å²) in [6.07, 6.45) is 1.79. The van der Waals surface area contributed by atoms with Gasteiger partial charge in [0.15, 0.2) is 5.13 Å². The number of nitrogens with one attached hydrogen (secondary N) is 1. The van der Waals surface area contributed by atoms with Crippen molar-refractivity contribution in [3.63, 3.8) is 0 Å². The molecule has 0 aromatic carbocycles. The van der Waals surface area contributed by atoms with Crippen molar-refractivity contribution in [1.29, 1.82) is 0 Å². The summed E-state index contributed by atoms with van der Waals surface area (Å²) >= 11 is 1.63. The minimum absolute atomic E-state index is 0.